The fraction of sp³-hybridized carbons (Fsp3) is 0.111. The lowest BCUT2D eigenvalue weighted by Crippen LogP contribution is -2.01. The highest BCUT2D eigenvalue weighted by Crippen LogP contribution is 2.44. The lowest BCUT2D eigenvalue weighted by atomic mass is 10.1. The van der Waals surface area contributed by atoms with Crippen LogP contribution in [0.5, 0.6) is 0 Å². The second-order valence-corrected chi connectivity index (χ2v) is 10.7. The van der Waals surface area contributed by atoms with Crippen molar-refractivity contribution in [2.45, 2.75) is 22.3 Å². The molecule has 0 amide bonds. The van der Waals surface area contributed by atoms with Crippen LogP contribution in [0.25, 0.3) is 21.3 Å². The molecule has 0 atom stereocenters. The Hall–Kier alpha value is -1.80. The summed E-state index contributed by atoms with van der Waals surface area (Å²) in [4.78, 5) is 9.33. The van der Waals surface area contributed by atoms with E-state index in [0.29, 0.717) is 25.3 Å². The van der Waals surface area contributed by atoms with Gasteiger partial charge in [-0.3, -0.25) is 0 Å². The number of benzene rings is 1. The molecule has 0 aliphatic rings. The highest BCUT2D eigenvalue weighted by Gasteiger charge is 2.30. The Labute approximate surface area is 164 Å². The molecule has 4 rings (SSSR count). The summed E-state index contributed by atoms with van der Waals surface area (Å²) in [5.74, 6) is 0. The molecule has 132 valence electrons. The third kappa shape index (κ3) is 2.85. The molecule has 3 aromatic heterocycles. The zero-order chi connectivity index (χ0) is 18.5. The molecule has 4 nitrogen and oxygen atoms in total. The predicted octanol–water partition coefficient (Wildman–Crippen LogP) is 5.52. The first kappa shape index (κ1) is 17.6. The van der Waals surface area contributed by atoms with Crippen molar-refractivity contribution >= 4 is 54.3 Å². The molecule has 1 aromatic carbocycles. The van der Waals surface area contributed by atoms with Gasteiger partial charge in [0.15, 0.2) is 0 Å². The van der Waals surface area contributed by atoms with E-state index in [0.717, 1.165) is 16.0 Å². The normalized spacial score (nSPS) is 12.0. The first-order valence-corrected chi connectivity index (χ1v) is 11.2. The van der Waals surface area contributed by atoms with Gasteiger partial charge >= 0.3 is 0 Å². The van der Waals surface area contributed by atoms with E-state index in [1.165, 1.54) is 22.7 Å². The number of hydrogen-bond acceptors (Lipinski definition) is 6. The molecule has 0 spiro atoms. The van der Waals surface area contributed by atoms with Crippen LogP contribution in [0.1, 0.15) is 10.7 Å². The number of sulfone groups is 1. The van der Waals surface area contributed by atoms with Crippen molar-refractivity contribution in [2.75, 3.05) is 0 Å². The first-order chi connectivity index (χ1) is 12.4. The molecule has 8 heteroatoms. The number of thiophene rings is 1. The Bertz CT molecular complexity index is 1230. The summed E-state index contributed by atoms with van der Waals surface area (Å²) in [6.45, 7) is 3.53. The van der Waals surface area contributed by atoms with Crippen LogP contribution in [0.15, 0.2) is 51.0 Å². The van der Waals surface area contributed by atoms with Crippen LogP contribution in [0.3, 0.4) is 0 Å². The maximum absolute atomic E-state index is 13.4. The molecule has 0 aliphatic carbocycles. The molecule has 0 N–H and O–H groups in total. The number of pyridine rings is 1. The maximum atomic E-state index is 13.4. The smallest absolute Gasteiger partial charge is 0.227 e. The van der Waals surface area contributed by atoms with Gasteiger partial charge < -0.3 is 0 Å². The average molecular weight is 421 g/mol. The van der Waals surface area contributed by atoms with Crippen LogP contribution < -0.4 is 0 Å². The van der Waals surface area contributed by atoms with E-state index in [-0.39, 0.29) is 4.21 Å². The quantitative estimate of drug-likeness (QED) is 0.437. The number of nitrogens with zero attached hydrogens (tertiary/aromatic N) is 2. The van der Waals surface area contributed by atoms with Gasteiger partial charge in [-0.05, 0) is 43.7 Å². The number of hydrogen-bond donors (Lipinski definition) is 0. The van der Waals surface area contributed by atoms with Crippen LogP contribution in [-0.4, -0.2) is 18.4 Å². The molecule has 3 heterocycles. The van der Waals surface area contributed by atoms with Gasteiger partial charge in [-0.1, -0.05) is 23.7 Å². The number of thiazole rings is 1. The Balaban J connectivity index is 2.05. The molecular formula is C18H13ClN2O2S3. The van der Waals surface area contributed by atoms with Crippen LogP contribution in [0.4, 0.5) is 0 Å². The number of halogens is 1. The lowest BCUT2D eigenvalue weighted by molar-refractivity contribution is 0.599. The van der Waals surface area contributed by atoms with Crippen molar-refractivity contribution in [3.8, 4) is 11.1 Å². The monoisotopic (exact) mass is 420 g/mol. The summed E-state index contributed by atoms with van der Waals surface area (Å²) in [5, 5.41) is 2.15. The van der Waals surface area contributed by atoms with Crippen LogP contribution in [0.2, 0.25) is 5.02 Å². The van der Waals surface area contributed by atoms with Gasteiger partial charge in [-0.15, -0.1) is 22.7 Å². The molecule has 0 radical (unpaired) electrons. The summed E-state index contributed by atoms with van der Waals surface area (Å²) in [5.41, 5.74) is 1.99. The predicted molar refractivity (Wildman–Crippen MR) is 107 cm³/mol. The molecule has 0 saturated heterocycles. The summed E-state index contributed by atoms with van der Waals surface area (Å²) < 4.78 is 27.4. The van der Waals surface area contributed by atoms with Crippen molar-refractivity contribution in [3.63, 3.8) is 0 Å². The summed E-state index contributed by atoms with van der Waals surface area (Å²) >= 11 is 8.39. The molecular weight excluding hydrogens is 408 g/mol. The van der Waals surface area contributed by atoms with Gasteiger partial charge in [0.25, 0.3) is 0 Å². The van der Waals surface area contributed by atoms with E-state index in [4.69, 9.17) is 11.6 Å². The minimum atomic E-state index is -3.70. The first-order valence-electron chi connectivity index (χ1n) is 7.70. The van der Waals surface area contributed by atoms with E-state index in [9.17, 15) is 8.42 Å². The topological polar surface area (TPSA) is 59.9 Å². The van der Waals surface area contributed by atoms with E-state index >= 15 is 0 Å². The average Bonchev–Trinajstić information content (AvgIpc) is 3.16. The van der Waals surface area contributed by atoms with Crippen LogP contribution in [0, 0.1) is 13.8 Å². The van der Waals surface area contributed by atoms with E-state index in [1.54, 1.807) is 25.3 Å². The highest BCUT2D eigenvalue weighted by molar-refractivity contribution is 7.95. The lowest BCUT2D eigenvalue weighted by Gasteiger charge is -2.06. The van der Waals surface area contributed by atoms with Crippen molar-refractivity contribution in [1.82, 2.24) is 9.97 Å². The molecule has 4 aromatic rings. The summed E-state index contributed by atoms with van der Waals surface area (Å²) in [6.07, 6.45) is 1.67. The molecule has 0 fully saturated rings. The number of fused-ring (bicyclic) bond motifs is 1. The second kappa shape index (κ2) is 6.42. The van der Waals surface area contributed by atoms with Gasteiger partial charge in [-0.2, -0.15) is 0 Å². The largest absolute Gasteiger partial charge is 0.245 e. The Morgan fingerprint density at radius 3 is 2.38 bits per heavy atom. The fourth-order valence-electron chi connectivity index (χ4n) is 2.84. The third-order valence-electron chi connectivity index (χ3n) is 3.92. The van der Waals surface area contributed by atoms with E-state index < -0.39 is 9.84 Å². The van der Waals surface area contributed by atoms with Crippen LogP contribution >= 0.6 is 34.3 Å². The highest BCUT2D eigenvalue weighted by atomic mass is 35.5. The number of aryl methyl sites for hydroxylation is 2. The second-order valence-electron chi connectivity index (χ2n) is 5.74. The van der Waals surface area contributed by atoms with Crippen molar-refractivity contribution in [1.29, 1.82) is 0 Å². The van der Waals surface area contributed by atoms with E-state index in [1.807, 2.05) is 31.2 Å². The fourth-order valence-corrected chi connectivity index (χ4v) is 7.74. The Morgan fingerprint density at radius 1 is 1.00 bits per heavy atom. The molecule has 26 heavy (non-hydrogen) atoms. The maximum Gasteiger partial charge on any atom is 0.227 e. The van der Waals surface area contributed by atoms with Gasteiger partial charge in [0.05, 0.1) is 10.7 Å². The SMILES string of the molecule is Cc1nc(C)c(S(=O)(=O)c2sc3ncccc3c2-c2ccc(Cl)cc2)s1. The zero-order valence-corrected chi connectivity index (χ0v) is 17.1. The Kier molecular flexibility index (Phi) is 4.35. The molecule has 0 unspecified atom stereocenters. The van der Waals surface area contributed by atoms with Crippen molar-refractivity contribution in [3.05, 3.63) is 58.3 Å². The van der Waals surface area contributed by atoms with Crippen LogP contribution in [-0.2, 0) is 9.84 Å². The van der Waals surface area contributed by atoms with Crippen molar-refractivity contribution < 1.29 is 8.42 Å². The van der Waals surface area contributed by atoms with Gasteiger partial charge in [0.2, 0.25) is 9.84 Å². The van der Waals surface area contributed by atoms with Gasteiger partial charge in [0, 0.05) is 22.2 Å². The third-order valence-corrected chi connectivity index (χ3v) is 9.24. The minimum absolute atomic E-state index is 0.289. The summed E-state index contributed by atoms with van der Waals surface area (Å²) in [7, 11) is -3.70. The van der Waals surface area contributed by atoms with Gasteiger partial charge in [0.1, 0.15) is 13.2 Å². The zero-order valence-electron chi connectivity index (χ0n) is 13.9. The Morgan fingerprint density at radius 2 is 1.73 bits per heavy atom. The van der Waals surface area contributed by atoms with E-state index in [2.05, 4.69) is 9.97 Å². The summed E-state index contributed by atoms with van der Waals surface area (Å²) in [6, 6.07) is 10.9. The molecule has 0 aliphatic heterocycles. The molecule has 0 bridgehead atoms. The standard InChI is InChI=1S/C18H13ClN2O2S3/c1-10-17(24-11(2)21-10)26(22,23)18-15(12-5-7-13(19)8-6-12)14-4-3-9-20-16(14)25-18/h3-9H,1-2H3. The minimum Gasteiger partial charge on any atom is -0.245 e. The van der Waals surface area contributed by atoms with Gasteiger partial charge in [-0.25, -0.2) is 18.4 Å². The van der Waals surface area contributed by atoms with Crippen molar-refractivity contribution in [2.24, 2.45) is 0 Å². The molecule has 0 saturated carbocycles. The number of aromatic nitrogens is 2. The number of rotatable bonds is 3.